The summed E-state index contributed by atoms with van der Waals surface area (Å²) in [6, 6.07) is 17.4. The molecule has 3 aromatic carbocycles. The molecule has 0 bridgehead atoms. The number of carbonyl (C=O) groups excluding carboxylic acids is 2. The first-order valence-electron chi connectivity index (χ1n) is 8.97. The van der Waals surface area contributed by atoms with Gasteiger partial charge in [0.15, 0.2) is 0 Å². The molecular weight excluding hydrogens is 444 g/mol. The topological polar surface area (TPSA) is 79.8 Å². The number of hydrazone groups is 1. The van der Waals surface area contributed by atoms with Gasteiger partial charge in [0.2, 0.25) is 0 Å². The number of carbonyl (C=O) groups is 2. The van der Waals surface area contributed by atoms with Crippen molar-refractivity contribution in [2.24, 2.45) is 5.10 Å². The van der Waals surface area contributed by atoms with E-state index in [4.69, 9.17) is 27.9 Å². The van der Waals surface area contributed by atoms with Crippen LogP contribution in [0, 0.1) is 5.82 Å². The fourth-order valence-corrected chi connectivity index (χ4v) is 2.71. The van der Waals surface area contributed by atoms with Crippen LogP contribution in [0.1, 0.15) is 11.1 Å². The maximum Gasteiger partial charge on any atom is 0.329 e. The zero-order chi connectivity index (χ0) is 22.2. The molecule has 0 aliphatic rings. The summed E-state index contributed by atoms with van der Waals surface area (Å²) in [6.45, 7) is 0.270. The molecule has 6 nitrogen and oxygen atoms in total. The van der Waals surface area contributed by atoms with Crippen molar-refractivity contribution in [2.75, 3.05) is 5.32 Å². The fraction of sp³-hybridized carbons (Fsp3) is 0.0455. The van der Waals surface area contributed by atoms with Crippen molar-refractivity contribution in [3.8, 4) is 5.75 Å². The summed E-state index contributed by atoms with van der Waals surface area (Å²) < 4.78 is 18.6. The Morgan fingerprint density at radius 1 is 0.968 bits per heavy atom. The summed E-state index contributed by atoms with van der Waals surface area (Å²) in [5.41, 5.74) is 3.93. The summed E-state index contributed by atoms with van der Waals surface area (Å²) in [5, 5.41) is 6.75. The standard InChI is InChI=1S/C22H16Cl2FN3O3/c23-19-9-8-17(11-20(19)24)27-21(29)22(30)28-26-12-15-2-1-3-18(10-15)31-13-14-4-6-16(25)7-5-14/h1-12H,13H2,(H,27,29)(H,28,30)/b26-12+. The molecule has 0 atom stereocenters. The van der Waals surface area contributed by atoms with Gasteiger partial charge in [-0.05, 0) is 53.6 Å². The Morgan fingerprint density at radius 3 is 2.48 bits per heavy atom. The van der Waals surface area contributed by atoms with Crippen molar-refractivity contribution >= 4 is 46.9 Å². The van der Waals surface area contributed by atoms with Gasteiger partial charge < -0.3 is 10.1 Å². The van der Waals surface area contributed by atoms with Crippen LogP contribution in [-0.2, 0) is 16.2 Å². The highest BCUT2D eigenvalue weighted by atomic mass is 35.5. The zero-order valence-corrected chi connectivity index (χ0v) is 17.5. The SMILES string of the molecule is O=C(N/N=C/c1cccc(OCc2ccc(F)cc2)c1)C(=O)Nc1ccc(Cl)c(Cl)c1. The van der Waals surface area contributed by atoms with Crippen molar-refractivity contribution in [3.63, 3.8) is 0 Å². The highest BCUT2D eigenvalue weighted by molar-refractivity contribution is 6.42. The van der Waals surface area contributed by atoms with Gasteiger partial charge in [0.05, 0.1) is 16.3 Å². The second-order valence-electron chi connectivity index (χ2n) is 6.27. The Labute approximate surface area is 187 Å². The molecule has 0 heterocycles. The van der Waals surface area contributed by atoms with Crippen molar-refractivity contribution in [1.82, 2.24) is 5.43 Å². The maximum atomic E-state index is 12.9. The summed E-state index contributed by atoms with van der Waals surface area (Å²) in [5.74, 6) is -1.61. The summed E-state index contributed by atoms with van der Waals surface area (Å²) in [6.07, 6.45) is 1.37. The predicted molar refractivity (Wildman–Crippen MR) is 118 cm³/mol. The van der Waals surface area contributed by atoms with Crippen molar-refractivity contribution < 1.29 is 18.7 Å². The van der Waals surface area contributed by atoms with E-state index in [1.165, 1.54) is 36.5 Å². The third-order valence-electron chi connectivity index (χ3n) is 3.94. The van der Waals surface area contributed by atoms with Crippen LogP contribution in [0.2, 0.25) is 10.0 Å². The normalized spacial score (nSPS) is 10.7. The minimum atomic E-state index is -0.953. The molecule has 3 rings (SSSR count). The van der Waals surface area contributed by atoms with Gasteiger partial charge in [-0.3, -0.25) is 9.59 Å². The molecule has 0 aliphatic carbocycles. The number of nitrogens with zero attached hydrogens (tertiary/aromatic N) is 1. The minimum absolute atomic E-state index is 0.249. The summed E-state index contributed by atoms with van der Waals surface area (Å²) in [7, 11) is 0. The minimum Gasteiger partial charge on any atom is -0.489 e. The molecule has 0 saturated heterocycles. The molecule has 2 amide bonds. The van der Waals surface area contributed by atoms with E-state index in [1.807, 2.05) is 0 Å². The second kappa shape index (κ2) is 10.6. The maximum absolute atomic E-state index is 12.9. The number of nitrogens with one attached hydrogen (secondary N) is 2. The highest BCUT2D eigenvalue weighted by Gasteiger charge is 2.13. The van der Waals surface area contributed by atoms with Crippen LogP contribution in [0.15, 0.2) is 71.8 Å². The van der Waals surface area contributed by atoms with Gasteiger partial charge in [0.25, 0.3) is 0 Å². The predicted octanol–water partition coefficient (Wildman–Crippen LogP) is 4.80. The molecule has 0 aromatic heterocycles. The molecule has 0 saturated carbocycles. The van der Waals surface area contributed by atoms with Gasteiger partial charge in [0, 0.05) is 5.69 Å². The lowest BCUT2D eigenvalue weighted by Gasteiger charge is -2.07. The molecule has 158 valence electrons. The molecule has 0 radical (unpaired) electrons. The molecule has 3 aromatic rings. The first-order valence-corrected chi connectivity index (χ1v) is 9.73. The molecule has 2 N–H and O–H groups in total. The Kier molecular flexibility index (Phi) is 7.59. The van der Waals surface area contributed by atoms with E-state index in [2.05, 4.69) is 15.8 Å². The number of ether oxygens (including phenoxy) is 1. The smallest absolute Gasteiger partial charge is 0.329 e. The molecular formula is C22H16Cl2FN3O3. The van der Waals surface area contributed by atoms with Gasteiger partial charge >= 0.3 is 11.8 Å². The molecule has 9 heteroatoms. The molecule has 31 heavy (non-hydrogen) atoms. The molecule has 0 aliphatic heterocycles. The van der Waals surface area contributed by atoms with Crippen LogP contribution in [-0.4, -0.2) is 18.0 Å². The van der Waals surface area contributed by atoms with E-state index in [0.29, 0.717) is 22.0 Å². The molecule has 0 unspecified atom stereocenters. The highest BCUT2D eigenvalue weighted by Crippen LogP contribution is 2.24. The third kappa shape index (κ3) is 6.80. The Hall–Kier alpha value is -3.42. The lowest BCUT2D eigenvalue weighted by molar-refractivity contribution is -0.136. The van der Waals surface area contributed by atoms with E-state index < -0.39 is 11.8 Å². The van der Waals surface area contributed by atoms with Gasteiger partial charge in [0.1, 0.15) is 18.2 Å². The van der Waals surface area contributed by atoms with E-state index in [9.17, 15) is 14.0 Å². The molecule has 0 spiro atoms. The van der Waals surface area contributed by atoms with E-state index in [0.717, 1.165) is 5.56 Å². The van der Waals surface area contributed by atoms with Crippen molar-refractivity contribution in [2.45, 2.75) is 6.61 Å². The lowest BCUT2D eigenvalue weighted by Crippen LogP contribution is -2.32. The average Bonchev–Trinajstić information content (AvgIpc) is 2.76. The van der Waals surface area contributed by atoms with Crippen LogP contribution in [0.5, 0.6) is 5.75 Å². The van der Waals surface area contributed by atoms with E-state index in [1.54, 1.807) is 36.4 Å². The monoisotopic (exact) mass is 459 g/mol. The summed E-state index contributed by atoms with van der Waals surface area (Å²) >= 11 is 11.7. The van der Waals surface area contributed by atoms with Crippen LogP contribution in [0.4, 0.5) is 10.1 Å². The number of hydrogen-bond donors (Lipinski definition) is 2. The summed E-state index contributed by atoms with van der Waals surface area (Å²) in [4.78, 5) is 23.8. The number of anilines is 1. The third-order valence-corrected chi connectivity index (χ3v) is 4.68. The fourth-order valence-electron chi connectivity index (χ4n) is 2.41. The number of rotatable bonds is 6. The number of amides is 2. The van der Waals surface area contributed by atoms with Crippen LogP contribution in [0.25, 0.3) is 0 Å². The van der Waals surface area contributed by atoms with E-state index in [-0.39, 0.29) is 17.4 Å². The molecule has 0 fully saturated rings. The quantitative estimate of drug-likeness (QED) is 0.315. The largest absolute Gasteiger partial charge is 0.489 e. The van der Waals surface area contributed by atoms with Crippen molar-refractivity contribution in [3.05, 3.63) is 93.7 Å². The first kappa shape index (κ1) is 22.3. The van der Waals surface area contributed by atoms with Crippen LogP contribution in [0.3, 0.4) is 0 Å². The lowest BCUT2D eigenvalue weighted by atomic mass is 10.2. The average molecular weight is 460 g/mol. The Bertz CT molecular complexity index is 1120. The van der Waals surface area contributed by atoms with Crippen LogP contribution >= 0.6 is 23.2 Å². The van der Waals surface area contributed by atoms with Gasteiger partial charge in [-0.1, -0.05) is 47.5 Å². The zero-order valence-electron chi connectivity index (χ0n) is 15.9. The van der Waals surface area contributed by atoms with Gasteiger partial charge in [-0.2, -0.15) is 5.10 Å². The van der Waals surface area contributed by atoms with Crippen LogP contribution < -0.4 is 15.5 Å². The number of hydrogen-bond acceptors (Lipinski definition) is 4. The van der Waals surface area contributed by atoms with Gasteiger partial charge in [-0.15, -0.1) is 0 Å². The second-order valence-corrected chi connectivity index (χ2v) is 7.08. The van der Waals surface area contributed by atoms with Gasteiger partial charge in [-0.25, -0.2) is 9.82 Å². The Balaban J connectivity index is 1.52. The Morgan fingerprint density at radius 2 is 1.74 bits per heavy atom. The first-order chi connectivity index (χ1) is 14.9. The van der Waals surface area contributed by atoms with Crippen molar-refractivity contribution in [1.29, 1.82) is 0 Å². The van der Waals surface area contributed by atoms with E-state index >= 15 is 0 Å². The number of benzene rings is 3. The number of halogens is 3.